The number of ether oxygens (including phenoxy) is 1. The zero-order valence-corrected chi connectivity index (χ0v) is 18.4. The van der Waals surface area contributed by atoms with E-state index in [4.69, 9.17) is 4.74 Å². The second-order valence-electron chi connectivity index (χ2n) is 5.12. The molecule has 0 saturated carbocycles. The topological polar surface area (TPSA) is 74.8 Å². The minimum atomic E-state index is -0.219. The zero-order chi connectivity index (χ0) is 18.3. The fourth-order valence-electron chi connectivity index (χ4n) is 1.84. The minimum Gasteiger partial charge on any atom is -0.383 e. The third-order valence-corrected chi connectivity index (χ3v) is 4.15. The number of hydrogen-bond acceptors (Lipinski definition) is 4. The van der Waals surface area contributed by atoms with E-state index in [0.717, 1.165) is 30.2 Å². The number of hydrogen-bond donors (Lipinski definition) is 3. The summed E-state index contributed by atoms with van der Waals surface area (Å²) in [7, 11) is 1.59. The van der Waals surface area contributed by atoms with Crippen molar-refractivity contribution in [2.24, 2.45) is 4.99 Å². The highest BCUT2D eigenvalue weighted by atomic mass is 127. The van der Waals surface area contributed by atoms with E-state index in [2.05, 4.69) is 20.9 Å². The molecule has 0 aliphatic heterocycles. The van der Waals surface area contributed by atoms with Gasteiger partial charge in [-0.05, 0) is 43.4 Å². The minimum absolute atomic E-state index is 0. The second kappa shape index (κ2) is 16.1. The predicted octanol–water partition coefficient (Wildman–Crippen LogP) is 2.24. The SMILES string of the molecule is CCNC(=NCC(=O)NCCOC)NCCCSc1ccc(F)cc1.I. The smallest absolute Gasteiger partial charge is 0.241 e. The van der Waals surface area contributed by atoms with E-state index in [1.807, 2.05) is 6.92 Å². The monoisotopic (exact) mass is 498 g/mol. The van der Waals surface area contributed by atoms with Gasteiger partial charge in [0.15, 0.2) is 5.96 Å². The lowest BCUT2D eigenvalue weighted by atomic mass is 10.4. The van der Waals surface area contributed by atoms with Crippen molar-refractivity contribution in [3.8, 4) is 0 Å². The van der Waals surface area contributed by atoms with Gasteiger partial charge in [-0.1, -0.05) is 0 Å². The summed E-state index contributed by atoms with van der Waals surface area (Å²) in [5.41, 5.74) is 0. The van der Waals surface area contributed by atoms with Gasteiger partial charge in [0, 0.05) is 31.6 Å². The zero-order valence-electron chi connectivity index (χ0n) is 15.2. The molecule has 0 fully saturated rings. The van der Waals surface area contributed by atoms with Crippen LogP contribution in [0.15, 0.2) is 34.2 Å². The van der Waals surface area contributed by atoms with Gasteiger partial charge in [-0.15, -0.1) is 35.7 Å². The molecule has 1 aromatic rings. The summed E-state index contributed by atoms with van der Waals surface area (Å²) in [6, 6.07) is 6.49. The van der Waals surface area contributed by atoms with Crippen LogP contribution in [0.4, 0.5) is 4.39 Å². The Labute approximate surface area is 176 Å². The molecule has 0 saturated heterocycles. The van der Waals surface area contributed by atoms with Crippen molar-refractivity contribution >= 4 is 47.6 Å². The third-order valence-electron chi connectivity index (χ3n) is 3.05. The average Bonchev–Trinajstić information content (AvgIpc) is 2.61. The molecule has 3 N–H and O–H groups in total. The fraction of sp³-hybridized carbons (Fsp3) is 0.529. The van der Waals surface area contributed by atoms with Gasteiger partial charge in [-0.2, -0.15) is 0 Å². The van der Waals surface area contributed by atoms with Crippen LogP contribution >= 0.6 is 35.7 Å². The number of rotatable bonds is 11. The van der Waals surface area contributed by atoms with Crippen LogP contribution in [0.3, 0.4) is 0 Å². The summed E-state index contributed by atoms with van der Waals surface area (Å²) in [4.78, 5) is 16.9. The van der Waals surface area contributed by atoms with Crippen molar-refractivity contribution in [2.45, 2.75) is 18.2 Å². The lowest BCUT2D eigenvalue weighted by Gasteiger charge is -2.11. The van der Waals surface area contributed by atoms with E-state index < -0.39 is 0 Å². The maximum atomic E-state index is 12.8. The number of nitrogens with zero attached hydrogens (tertiary/aromatic N) is 1. The van der Waals surface area contributed by atoms with Gasteiger partial charge in [0.25, 0.3) is 0 Å². The Hall–Kier alpha value is -1.07. The Balaban J connectivity index is 0.00000625. The van der Waals surface area contributed by atoms with E-state index in [-0.39, 0.29) is 42.2 Å². The number of guanidine groups is 1. The van der Waals surface area contributed by atoms with Gasteiger partial charge < -0.3 is 20.7 Å². The van der Waals surface area contributed by atoms with E-state index >= 15 is 0 Å². The molecule has 148 valence electrons. The summed E-state index contributed by atoms with van der Waals surface area (Å²) in [6.45, 7) is 4.48. The molecule has 0 atom stereocenters. The first-order valence-corrected chi connectivity index (χ1v) is 9.30. The first-order valence-electron chi connectivity index (χ1n) is 8.32. The Morgan fingerprint density at radius 1 is 1.19 bits per heavy atom. The predicted molar refractivity (Wildman–Crippen MR) is 116 cm³/mol. The summed E-state index contributed by atoms with van der Waals surface area (Å²) in [5.74, 6) is 1.18. The Kier molecular flexibility index (Phi) is 15.5. The molecule has 0 radical (unpaired) electrons. The third kappa shape index (κ3) is 12.3. The van der Waals surface area contributed by atoms with Crippen molar-refractivity contribution < 1.29 is 13.9 Å². The van der Waals surface area contributed by atoms with Crippen molar-refractivity contribution in [1.82, 2.24) is 16.0 Å². The molecule has 0 spiro atoms. The van der Waals surface area contributed by atoms with Crippen LogP contribution in [0.2, 0.25) is 0 Å². The van der Waals surface area contributed by atoms with E-state index in [0.29, 0.717) is 19.1 Å². The van der Waals surface area contributed by atoms with Crippen LogP contribution in [0.5, 0.6) is 0 Å². The number of thioether (sulfide) groups is 1. The molecule has 9 heteroatoms. The van der Waals surface area contributed by atoms with Gasteiger partial charge in [0.05, 0.1) is 6.61 Å². The maximum Gasteiger partial charge on any atom is 0.241 e. The van der Waals surface area contributed by atoms with Gasteiger partial charge in [0.2, 0.25) is 5.91 Å². The molecule has 0 bridgehead atoms. The summed E-state index contributed by atoms with van der Waals surface area (Å²) in [5, 5.41) is 9.03. The Bertz CT molecular complexity index is 532. The quantitative estimate of drug-likeness (QED) is 0.144. The van der Waals surface area contributed by atoms with Gasteiger partial charge in [-0.3, -0.25) is 4.79 Å². The van der Waals surface area contributed by atoms with Crippen LogP contribution in [0.1, 0.15) is 13.3 Å². The maximum absolute atomic E-state index is 12.8. The Morgan fingerprint density at radius 2 is 1.92 bits per heavy atom. The first-order chi connectivity index (χ1) is 12.2. The molecule has 26 heavy (non-hydrogen) atoms. The molecule has 0 heterocycles. The molecule has 0 aliphatic carbocycles. The summed E-state index contributed by atoms with van der Waals surface area (Å²) >= 11 is 1.68. The van der Waals surface area contributed by atoms with Gasteiger partial charge >= 0.3 is 0 Å². The second-order valence-corrected chi connectivity index (χ2v) is 6.29. The fourth-order valence-corrected chi connectivity index (χ4v) is 2.69. The average molecular weight is 498 g/mol. The van der Waals surface area contributed by atoms with E-state index in [9.17, 15) is 9.18 Å². The molecule has 1 amide bonds. The number of methoxy groups -OCH3 is 1. The van der Waals surface area contributed by atoms with E-state index in [1.54, 1.807) is 31.0 Å². The number of carbonyl (C=O) groups is 1. The van der Waals surface area contributed by atoms with Crippen LogP contribution in [0, 0.1) is 5.82 Å². The normalized spacial score (nSPS) is 10.8. The number of amides is 1. The highest BCUT2D eigenvalue weighted by molar-refractivity contribution is 14.0. The molecule has 0 aromatic heterocycles. The molecule has 0 aliphatic rings. The number of carbonyl (C=O) groups excluding carboxylic acids is 1. The van der Waals surface area contributed by atoms with Gasteiger partial charge in [0.1, 0.15) is 12.4 Å². The van der Waals surface area contributed by atoms with Crippen molar-refractivity contribution in [3.05, 3.63) is 30.1 Å². The van der Waals surface area contributed by atoms with Crippen LogP contribution in [-0.2, 0) is 9.53 Å². The summed E-state index contributed by atoms with van der Waals surface area (Å²) in [6.07, 6.45) is 0.923. The molecule has 0 unspecified atom stereocenters. The van der Waals surface area contributed by atoms with E-state index in [1.165, 1.54) is 12.1 Å². The first kappa shape index (κ1) is 24.9. The standard InChI is InChI=1S/C17H27FN4O2S.HI/c1-3-19-17(22-13-16(23)20-10-11-24-2)21-9-4-12-25-15-7-5-14(18)6-8-15;/h5-8H,3-4,9-13H2,1-2H3,(H,20,23)(H2,19,21,22);1H. The molecule has 1 aromatic carbocycles. The molecular weight excluding hydrogens is 470 g/mol. The van der Waals surface area contributed by atoms with Crippen LogP contribution < -0.4 is 16.0 Å². The van der Waals surface area contributed by atoms with Crippen molar-refractivity contribution in [3.63, 3.8) is 0 Å². The largest absolute Gasteiger partial charge is 0.383 e. The highest BCUT2D eigenvalue weighted by Crippen LogP contribution is 2.18. The number of aliphatic imine (C=N–C) groups is 1. The van der Waals surface area contributed by atoms with Crippen LogP contribution in [0.25, 0.3) is 0 Å². The van der Waals surface area contributed by atoms with Crippen molar-refractivity contribution in [2.75, 3.05) is 45.6 Å². The van der Waals surface area contributed by atoms with Crippen molar-refractivity contribution in [1.29, 1.82) is 0 Å². The number of nitrogens with one attached hydrogen (secondary N) is 3. The lowest BCUT2D eigenvalue weighted by molar-refractivity contribution is -0.119. The Morgan fingerprint density at radius 3 is 2.58 bits per heavy atom. The number of benzene rings is 1. The summed E-state index contributed by atoms with van der Waals surface area (Å²) < 4.78 is 17.7. The number of halogens is 2. The molecule has 6 nitrogen and oxygen atoms in total. The van der Waals surface area contributed by atoms with Crippen LogP contribution in [-0.4, -0.2) is 57.5 Å². The lowest BCUT2D eigenvalue weighted by Crippen LogP contribution is -2.39. The van der Waals surface area contributed by atoms with Gasteiger partial charge in [-0.25, -0.2) is 9.38 Å². The highest BCUT2D eigenvalue weighted by Gasteiger charge is 2.02. The molecule has 1 rings (SSSR count). The molecular formula is C17H28FIN4O2S.